The fourth-order valence-corrected chi connectivity index (χ4v) is 3.27. The molecule has 134 valence electrons. The number of aromatic nitrogens is 2. The van der Waals surface area contributed by atoms with Crippen molar-refractivity contribution in [1.82, 2.24) is 15.0 Å². The van der Waals surface area contributed by atoms with Crippen LogP contribution in [0.1, 0.15) is 36.5 Å². The van der Waals surface area contributed by atoms with Gasteiger partial charge in [0.05, 0.1) is 7.11 Å². The second-order valence-corrected chi connectivity index (χ2v) is 6.61. The lowest BCUT2D eigenvalue weighted by Gasteiger charge is -2.16. The first-order valence-electron chi connectivity index (χ1n) is 8.84. The molecule has 1 atom stereocenters. The minimum atomic E-state index is 0.244. The summed E-state index contributed by atoms with van der Waals surface area (Å²) in [6.07, 6.45) is 4.21. The maximum atomic E-state index is 12.4. The third kappa shape index (κ3) is 4.81. The third-order valence-corrected chi connectivity index (χ3v) is 4.77. The molecule has 0 spiro atoms. The average Bonchev–Trinajstić information content (AvgIpc) is 3.27. The van der Waals surface area contributed by atoms with E-state index in [9.17, 15) is 4.79 Å². The van der Waals surface area contributed by atoms with Gasteiger partial charge in [-0.1, -0.05) is 17.3 Å². The van der Waals surface area contributed by atoms with E-state index in [1.54, 1.807) is 14.0 Å². The Balaban J connectivity index is 1.40. The zero-order chi connectivity index (χ0) is 17.6. The molecule has 6 nitrogen and oxygen atoms in total. The highest BCUT2D eigenvalue weighted by molar-refractivity contribution is 5.76. The molecular formula is C19H25N3O3. The molecule has 1 aromatic heterocycles. The molecule has 1 unspecified atom stereocenters. The van der Waals surface area contributed by atoms with Crippen molar-refractivity contribution < 1.29 is 14.1 Å². The van der Waals surface area contributed by atoms with Gasteiger partial charge in [0.15, 0.2) is 5.82 Å². The van der Waals surface area contributed by atoms with Gasteiger partial charge in [-0.2, -0.15) is 4.98 Å². The second kappa shape index (κ2) is 8.14. The molecule has 25 heavy (non-hydrogen) atoms. The van der Waals surface area contributed by atoms with E-state index in [2.05, 4.69) is 10.1 Å². The highest BCUT2D eigenvalue weighted by Gasteiger charge is 2.26. The van der Waals surface area contributed by atoms with Crippen LogP contribution in [0.3, 0.4) is 0 Å². The summed E-state index contributed by atoms with van der Waals surface area (Å²) >= 11 is 0. The standard InChI is InChI=1S/C19H25N3O3/c1-14-20-18(21-25-14)9-5-16-11-12-22(13-16)19(23)10-6-15-3-7-17(24-2)8-4-15/h3-4,7-8,16H,5-6,9-13H2,1-2H3. The molecule has 3 rings (SSSR count). The molecule has 2 heterocycles. The Hall–Kier alpha value is -2.37. The van der Waals surface area contributed by atoms with E-state index in [4.69, 9.17) is 9.26 Å². The van der Waals surface area contributed by atoms with Gasteiger partial charge in [-0.25, -0.2) is 0 Å². The van der Waals surface area contributed by atoms with E-state index in [-0.39, 0.29) is 5.91 Å². The minimum absolute atomic E-state index is 0.244. The molecule has 0 radical (unpaired) electrons. The molecule has 6 heteroatoms. The fraction of sp³-hybridized carbons (Fsp3) is 0.526. The summed E-state index contributed by atoms with van der Waals surface area (Å²) in [4.78, 5) is 18.7. The van der Waals surface area contributed by atoms with Crippen molar-refractivity contribution in [3.05, 3.63) is 41.5 Å². The van der Waals surface area contributed by atoms with Crippen LogP contribution >= 0.6 is 0 Å². The van der Waals surface area contributed by atoms with Crippen LogP contribution in [-0.4, -0.2) is 41.1 Å². The Morgan fingerprint density at radius 1 is 1.32 bits per heavy atom. The van der Waals surface area contributed by atoms with Crippen LogP contribution < -0.4 is 4.74 Å². The third-order valence-electron chi connectivity index (χ3n) is 4.77. The number of aryl methyl sites for hydroxylation is 3. The first-order valence-corrected chi connectivity index (χ1v) is 8.84. The number of ether oxygens (including phenoxy) is 1. The van der Waals surface area contributed by atoms with E-state index in [1.807, 2.05) is 29.2 Å². The van der Waals surface area contributed by atoms with Gasteiger partial charge in [0.1, 0.15) is 5.75 Å². The largest absolute Gasteiger partial charge is 0.497 e. The Labute approximate surface area is 148 Å². The number of rotatable bonds is 7. The van der Waals surface area contributed by atoms with Crippen molar-refractivity contribution in [2.45, 2.75) is 39.0 Å². The van der Waals surface area contributed by atoms with Crippen LogP contribution in [0.5, 0.6) is 5.75 Å². The molecule has 1 aliphatic heterocycles. The summed E-state index contributed by atoms with van der Waals surface area (Å²) in [6.45, 7) is 3.50. The highest BCUT2D eigenvalue weighted by atomic mass is 16.5. The number of hydrogen-bond donors (Lipinski definition) is 0. The summed E-state index contributed by atoms with van der Waals surface area (Å²) in [5.74, 6) is 2.99. The van der Waals surface area contributed by atoms with Crippen LogP contribution in [0.15, 0.2) is 28.8 Å². The lowest BCUT2D eigenvalue weighted by molar-refractivity contribution is -0.130. The van der Waals surface area contributed by atoms with E-state index in [0.29, 0.717) is 18.2 Å². The molecule has 1 aromatic carbocycles. The smallest absolute Gasteiger partial charge is 0.223 e. The fourth-order valence-electron chi connectivity index (χ4n) is 3.27. The van der Waals surface area contributed by atoms with Crippen molar-refractivity contribution in [2.75, 3.05) is 20.2 Å². The van der Waals surface area contributed by atoms with E-state index >= 15 is 0 Å². The van der Waals surface area contributed by atoms with Crippen molar-refractivity contribution >= 4 is 5.91 Å². The van der Waals surface area contributed by atoms with Gasteiger partial charge in [-0.15, -0.1) is 0 Å². The summed E-state index contributed by atoms with van der Waals surface area (Å²) in [5, 5.41) is 3.93. The van der Waals surface area contributed by atoms with Gasteiger partial charge >= 0.3 is 0 Å². The predicted octanol–water partition coefficient (Wildman–Crippen LogP) is 2.80. The molecule has 1 fully saturated rings. The molecule has 0 N–H and O–H groups in total. The lowest BCUT2D eigenvalue weighted by atomic mass is 10.0. The molecule has 0 saturated carbocycles. The zero-order valence-electron chi connectivity index (χ0n) is 14.9. The van der Waals surface area contributed by atoms with Crippen molar-refractivity contribution in [3.8, 4) is 5.75 Å². The number of amides is 1. The van der Waals surface area contributed by atoms with Crippen LogP contribution in [0.4, 0.5) is 0 Å². The first kappa shape index (κ1) is 17.5. The Kier molecular flexibility index (Phi) is 5.68. The maximum absolute atomic E-state index is 12.4. The van der Waals surface area contributed by atoms with E-state index in [0.717, 1.165) is 55.9 Å². The van der Waals surface area contributed by atoms with Crippen molar-refractivity contribution in [2.24, 2.45) is 5.92 Å². The van der Waals surface area contributed by atoms with Gasteiger partial charge in [0.2, 0.25) is 11.8 Å². The van der Waals surface area contributed by atoms with E-state index < -0.39 is 0 Å². The molecule has 1 saturated heterocycles. The van der Waals surface area contributed by atoms with Gasteiger partial charge in [0, 0.05) is 32.9 Å². The van der Waals surface area contributed by atoms with Crippen LogP contribution in [-0.2, 0) is 17.6 Å². The van der Waals surface area contributed by atoms with Crippen LogP contribution in [0, 0.1) is 12.8 Å². The quantitative estimate of drug-likeness (QED) is 0.773. The Bertz CT molecular complexity index is 696. The Morgan fingerprint density at radius 2 is 2.12 bits per heavy atom. The summed E-state index contributed by atoms with van der Waals surface area (Å²) in [5.41, 5.74) is 1.16. The summed E-state index contributed by atoms with van der Waals surface area (Å²) in [6, 6.07) is 7.91. The lowest BCUT2D eigenvalue weighted by Crippen LogP contribution is -2.28. The number of likely N-dealkylation sites (tertiary alicyclic amines) is 1. The van der Waals surface area contributed by atoms with Gasteiger partial charge in [-0.05, 0) is 42.9 Å². The van der Waals surface area contributed by atoms with E-state index in [1.165, 1.54) is 0 Å². The normalized spacial score (nSPS) is 17.0. The van der Waals surface area contributed by atoms with Gasteiger partial charge < -0.3 is 14.2 Å². The number of carbonyl (C=O) groups is 1. The van der Waals surface area contributed by atoms with Crippen LogP contribution in [0.2, 0.25) is 0 Å². The van der Waals surface area contributed by atoms with Gasteiger partial charge in [0.25, 0.3) is 0 Å². The van der Waals surface area contributed by atoms with Gasteiger partial charge in [-0.3, -0.25) is 4.79 Å². The number of benzene rings is 1. The maximum Gasteiger partial charge on any atom is 0.223 e. The number of methoxy groups -OCH3 is 1. The first-order chi connectivity index (χ1) is 12.1. The second-order valence-electron chi connectivity index (χ2n) is 6.61. The SMILES string of the molecule is COc1ccc(CCC(=O)N2CCC(CCc3noc(C)n3)C2)cc1. The molecule has 1 aliphatic rings. The summed E-state index contributed by atoms with van der Waals surface area (Å²) < 4.78 is 10.1. The molecular weight excluding hydrogens is 318 g/mol. The highest BCUT2D eigenvalue weighted by Crippen LogP contribution is 2.22. The molecule has 2 aromatic rings. The summed E-state index contributed by atoms with van der Waals surface area (Å²) in [7, 11) is 1.65. The minimum Gasteiger partial charge on any atom is -0.497 e. The zero-order valence-corrected chi connectivity index (χ0v) is 14.9. The Morgan fingerprint density at radius 3 is 2.80 bits per heavy atom. The molecule has 0 bridgehead atoms. The monoisotopic (exact) mass is 343 g/mol. The molecule has 0 aliphatic carbocycles. The number of hydrogen-bond acceptors (Lipinski definition) is 5. The average molecular weight is 343 g/mol. The van der Waals surface area contributed by atoms with Crippen LogP contribution in [0.25, 0.3) is 0 Å². The van der Waals surface area contributed by atoms with Crippen molar-refractivity contribution in [3.63, 3.8) is 0 Å². The number of carbonyl (C=O) groups excluding carboxylic acids is 1. The molecule has 1 amide bonds. The number of nitrogens with zero attached hydrogens (tertiary/aromatic N) is 3. The topological polar surface area (TPSA) is 68.5 Å². The predicted molar refractivity (Wildman–Crippen MR) is 93.4 cm³/mol. The van der Waals surface area contributed by atoms with Crippen molar-refractivity contribution in [1.29, 1.82) is 0 Å².